The van der Waals surface area contributed by atoms with Crippen molar-refractivity contribution in [2.24, 2.45) is 0 Å². The molecule has 0 atom stereocenters. The Morgan fingerprint density at radius 2 is 2.08 bits per heavy atom. The maximum atomic E-state index is 8.99. The lowest BCUT2D eigenvalue weighted by Gasteiger charge is -2.08. The first-order valence-electron chi connectivity index (χ1n) is 4.04. The minimum absolute atomic E-state index is 0.0984. The van der Waals surface area contributed by atoms with Crippen LogP contribution in [0.25, 0.3) is 0 Å². The number of hydrogen-bond acceptors (Lipinski definition) is 1. The third-order valence-electron chi connectivity index (χ3n) is 1.91. The van der Waals surface area contributed by atoms with Crippen LogP contribution in [-0.4, -0.2) is 5.11 Å². The molecular formula is C10H13BrO. The Balaban J connectivity index is 3.05. The lowest BCUT2D eigenvalue weighted by atomic mass is 10.0. The van der Waals surface area contributed by atoms with Crippen molar-refractivity contribution in [2.45, 2.75) is 26.4 Å². The molecule has 1 aromatic rings. The van der Waals surface area contributed by atoms with E-state index in [0.717, 1.165) is 10.0 Å². The van der Waals surface area contributed by atoms with Crippen LogP contribution in [0, 0.1) is 0 Å². The molecule has 0 aliphatic rings. The molecule has 0 aromatic heterocycles. The minimum Gasteiger partial charge on any atom is -0.392 e. The normalized spacial score (nSPS) is 10.8. The quantitative estimate of drug-likeness (QED) is 0.826. The summed E-state index contributed by atoms with van der Waals surface area (Å²) in [4.78, 5) is 0. The van der Waals surface area contributed by atoms with Gasteiger partial charge >= 0.3 is 0 Å². The third kappa shape index (κ3) is 2.08. The molecule has 1 N–H and O–H groups in total. The van der Waals surface area contributed by atoms with Crippen LogP contribution in [0.2, 0.25) is 0 Å². The van der Waals surface area contributed by atoms with Crippen molar-refractivity contribution in [3.8, 4) is 0 Å². The highest BCUT2D eigenvalue weighted by Gasteiger charge is 2.02. The molecule has 12 heavy (non-hydrogen) atoms. The molecule has 0 saturated carbocycles. The highest BCUT2D eigenvalue weighted by atomic mass is 79.9. The van der Waals surface area contributed by atoms with Gasteiger partial charge in [0, 0.05) is 4.47 Å². The summed E-state index contributed by atoms with van der Waals surface area (Å²) < 4.78 is 0.981. The van der Waals surface area contributed by atoms with Crippen LogP contribution in [0.15, 0.2) is 22.7 Å². The largest absolute Gasteiger partial charge is 0.392 e. The van der Waals surface area contributed by atoms with Gasteiger partial charge in [-0.1, -0.05) is 41.9 Å². The Hall–Kier alpha value is -0.340. The van der Waals surface area contributed by atoms with E-state index >= 15 is 0 Å². The Morgan fingerprint density at radius 1 is 1.42 bits per heavy atom. The number of hydrogen-bond donors (Lipinski definition) is 1. The fourth-order valence-electron chi connectivity index (χ4n) is 1.07. The number of benzene rings is 1. The van der Waals surface area contributed by atoms with Crippen molar-refractivity contribution in [3.63, 3.8) is 0 Å². The van der Waals surface area contributed by atoms with Gasteiger partial charge in [0.2, 0.25) is 0 Å². The van der Waals surface area contributed by atoms with Gasteiger partial charge < -0.3 is 5.11 Å². The van der Waals surface area contributed by atoms with Crippen molar-refractivity contribution in [1.82, 2.24) is 0 Å². The summed E-state index contributed by atoms with van der Waals surface area (Å²) >= 11 is 3.38. The SMILES string of the molecule is CC(C)c1ccc(Br)c(CO)c1. The second-order valence-electron chi connectivity index (χ2n) is 3.16. The third-order valence-corrected chi connectivity index (χ3v) is 2.68. The standard InChI is InChI=1S/C10H13BrO/c1-7(2)8-3-4-10(11)9(5-8)6-12/h3-5,7,12H,6H2,1-2H3. The first-order chi connectivity index (χ1) is 5.65. The molecule has 0 heterocycles. The van der Waals surface area contributed by atoms with Gasteiger partial charge in [-0.3, -0.25) is 0 Å². The summed E-state index contributed by atoms with van der Waals surface area (Å²) in [6.07, 6.45) is 0. The summed E-state index contributed by atoms with van der Waals surface area (Å²) in [6.45, 7) is 4.38. The highest BCUT2D eigenvalue weighted by molar-refractivity contribution is 9.10. The van der Waals surface area contributed by atoms with E-state index in [1.165, 1.54) is 5.56 Å². The molecule has 1 aromatic carbocycles. The van der Waals surface area contributed by atoms with Crippen LogP contribution < -0.4 is 0 Å². The molecule has 1 rings (SSSR count). The smallest absolute Gasteiger partial charge is 0.0692 e. The van der Waals surface area contributed by atoms with Crippen LogP contribution in [0.3, 0.4) is 0 Å². The molecule has 2 heteroatoms. The summed E-state index contributed by atoms with van der Waals surface area (Å²) in [5, 5.41) is 8.99. The van der Waals surface area contributed by atoms with E-state index in [2.05, 4.69) is 35.8 Å². The Morgan fingerprint density at radius 3 is 2.58 bits per heavy atom. The molecule has 0 spiro atoms. The maximum Gasteiger partial charge on any atom is 0.0692 e. The van der Waals surface area contributed by atoms with Crippen LogP contribution in [0.1, 0.15) is 30.9 Å². The fourth-order valence-corrected chi connectivity index (χ4v) is 1.45. The molecule has 0 aliphatic carbocycles. The molecule has 0 bridgehead atoms. The Labute approximate surface area is 81.6 Å². The van der Waals surface area contributed by atoms with Gasteiger partial charge in [0.05, 0.1) is 6.61 Å². The predicted molar refractivity (Wildman–Crippen MR) is 54.2 cm³/mol. The van der Waals surface area contributed by atoms with Crippen molar-refractivity contribution < 1.29 is 5.11 Å². The first-order valence-corrected chi connectivity index (χ1v) is 4.83. The minimum atomic E-state index is 0.0984. The van der Waals surface area contributed by atoms with E-state index in [4.69, 9.17) is 5.11 Å². The van der Waals surface area contributed by atoms with E-state index < -0.39 is 0 Å². The number of rotatable bonds is 2. The van der Waals surface area contributed by atoms with Gasteiger partial charge in [-0.05, 0) is 23.1 Å². The zero-order valence-corrected chi connectivity index (χ0v) is 8.93. The molecular weight excluding hydrogens is 216 g/mol. The van der Waals surface area contributed by atoms with E-state index in [1.54, 1.807) is 0 Å². The second kappa shape index (κ2) is 4.06. The molecule has 0 saturated heterocycles. The maximum absolute atomic E-state index is 8.99. The van der Waals surface area contributed by atoms with E-state index in [0.29, 0.717) is 5.92 Å². The van der Waals surface area contributed by atoms with Crippen molar-refractivity contribution in [1.29, 1.82) is 0 Å². The molecule has 0 amide bonds. The van der Waals surface area contributed by atoms with Gasteiger partial charge in [-0.2, -0.15) is 0 Å². The van der Waals surface area contributed by atoms with E-state index in [9.17, 15) is 0 Å². The fraction of sp³-hybridized carbons (Fsp3) is 0.400. The van der Waals surface area contributed by atoms with Crippen molar-refractivity contribution in [2.75, 3.05) is 0 Å². The summed E-state index contributed by atoms with van der Waals surface area (Å²) in [7, 11) is 0. The average Bonchev–Trinajstić information content (AvgIpc) is 2.05. The number of aliphatic hydroxyl groups is 1. The van der Waals surface area contributed by atoms with Gasteiger partial charge in [0.1, 0.15) is 0 Å². The second-order valence-corrected chi connectivity index (χ2v) is 4.02. The Kier molecular flexibility index (Phi) is 3.29. The highest BCUT2D eigenvalue weighted by Crippen LogP contribution is 2.22. The lowest BCUT2D eigenvalue weighted by Crippen LogP contribution is -1.91. The molecule has 0 aliphatic heterocycles. The van der Waals surface area contributed by atoms with Crippen LogP contribution in [0.5, 0.6) is 0 Å². The molecule has 0 radical (unpaired) electrons. The van der Waals surface area contributed by atoms with Gasteiger partial charge in [0.15, 0.2) is 0 Å². The van der Waals surface area contributed by atoms with Crippen LogP contribution >= 0.6 is 15.9 Å². The predicted octanol–water partition coefficient (Wildman–Crippen LogP) is 3.06. The molecule has 0 fully saturated rings. The topological polar surface area (TPSA) is 20.2 Å². The van der Waals surface area contributed by atoms with Gasteiger partial charge in [-0.25, -0.2) is 0 Å². The number of halogens is 1. The molecule has 66 valence electrons. The van der Waals surface area contributed by atoms with Crippen molar-refractivity contribution >= 4 is 15.9 Å². The number of aliphatic hydroxyl groups excluding tert-OH is 1. The first kappa shape index (κ1) is 9.75. The van der Waals surface area contributed by atoms with Gasteiger partial charge in [-0.15, -0.1) is 0 Å². The molecule has 1 nitrogen and oxygen atoms in total. The zero-order chi connectivity index (χ0) is 9.14. The summed E-state index contributed by atoms with van der Waals surface area (Å²) in [6, 6.07) is 6.10. The average molecular weight is 229 g/mol. The monoisotopic (exact) mass is 228 g/mol. The Bertz CT molecular complexity index is 269. The van der Waals surface area contributed by atoms with Crippen LogP contribution in [-0.2, 0) is 6.61 Å². The van der Waals surface area contributed by atoms with Crippen LogP contribution in [0.4, 0.5) is 0 Å². The zero-order valence-electron chi connectivity index (χ0n) is 7.34. The van der Waals surface area contributed by atoms with Gasteiger partial charge in [0.25, 0.3) is 0 Å². The summed E-state index contributed by atoms with van der Waals surface area (Å²) in [5.74, 6) is 0.517. The van der Waals surface area contributed by atoms with E-state index in [1.807, 2.05) is 12.1 Å². The van der Waals surface area contributed by atoms with Crippen molar-refractivity contribution in [3.05, 3.63) is 33.8 Å². The lowest BCUT2D eigenvalue weighted by molar-refractivity contribution is 0.281. The van der Waals surface area contributed by atoms with E-state index in [-0.39, 0.29) is 6.61 Å². The molecule has 0 unspecified atom stereocenters. The summed E-state index contributed by atoms with van der Waals surface area (Å²) in [5.41, 5.74) is 2.23.